The van der Waals surface area contributed by atoms with Gasteiger partial charge in [-0.2, -0.15) is 9.97 Å². The molecule has 0 bridgehead atoms. The van der Waals surface area contributed by atoms with Crippen molar-refractivity contribution < 1.29 is 71.9 Å². The van der Waals surface area contributed by atoms with Crippen molar-refractivity contribution in [3.8, 4) is 0 Å². The predicted molar refractivity (Wildman–Crippen MR) is 407 cm³/mol. The molecule has 12 N–H and O–H groups in total. The number of carbonyl (C=O) groups excluding carboxylic acids is 8. The topological polar surface area (TPSA) is 475 Å². The third-order valence-electron chi connectivity index (χ3n) is 15.5. The monoisotopic (exact) mass is 1540 g/mol. The molecule has 2 unspecified atom stereocenters. The minimum atomic E-state index is -1.23. The third-order valence-corrected chi connectivity index (χ3v) is 20.3. The Morgan fingerprint density at radius 1 is 0.547 bits per heavy atom. The summed E-state index contributed by atoms with van der Waals surface area (Å²) < 4.78 is 26.9. The number of allylic oxidation sites excluding steroid dienone is 2. The summed E-state index contributed by atoms with van der Waals surface area (Å²) in [7, 11) is 5.54. The van der Waals surface area contributed by atoms with Crippen LogP contribution in [0.3, 0.4) is 0 Å². The highest BCUT2D eigenvalue weighted by molar-refractivity contribution is 8.77. The summed E-state index contributed by atoms with van der Waals surface area (Å²) in [5.74, 6) is -3.73. The average molecular weight is 1540 g/mol. The van der Waals surface area contributed by atoms with Crippen molar-refractivity contribution in [2.24, 2.45) is 0 Å². The molecule has 0 fully saturated rings. The molecule has 0 aliphatic heterocycles. The lowest BCUT2D eigenvalue weighted by molar-refractivity contribution is -0.151. The van der Waals surface area contributed by atoms with E-state index in [4.69, 9.17) is 35.2 Å². The molecule has 0 saturated carbocycles. The van der Waals surface area contributed by atoms with Crippen molar-refractivity contribution in [3.63, 3.8) is 0 Å². The van der Waals surface area contributed by atoms with Crippen molar-refractivity contribution in [3.05, 3.63) is 128 Å². The van der Waals surface area contributed by atoms with Crippen LogP contribution in [-0.4, -0.2) is 172 Å². The Balaban J connectivity index is 0.000000330. The minimum Gasteiger partial charge on any atom is -0.480 e. The molecule has 2 aromatic carbocycles. The Bertz CT molecular complexity index is 4100. The lowest BCUT2D eigenvalue weighted by Crippen LogP contribution is -2.45. The molecule has 3 amide bonds. The van der Waals surface area contributed by atoms with Crippen LogP contribution in [-0.2, 0) is 70.3 Å². The molecule has 106 heavy (non-hydrogen) atoms. The first-order chi connectivity index (χ1) is 50.7. The predicted octanol–water partition coefficient (Wildman–Crippen LogP) is 7.85. The molecule has 4 heterocycles. The van der Waals surface area contributed by atoms with Crippen LogP contribution >= 0.6 is 43.2 Å². The quantitative estimate of drug-likeness (QED) is 0.00583. The molecule has 0 saturated heterocycles. The van der Waals surface area contributed by atoms with E-state index in [1.54, 1.807) is 62.4 Å². The maximum atomic E-state index is 13.4. The SMILES string of the molecule is C.CCC(=O)OCCSSCCOC(=O)CC[C@@H](NC(=O)c1ccc(NCc2cnc3nc(N)[nH]c(=O)c3n2)cc1)C(=O)OC1/C=C/CCCCC1.CCC(=O)OCCSSC[C@@H](NC(=O)CC[C@@H](NC(=O)c1ccc(NCc2cnc3nc(N)[nH]c(=O)c3n2)cc1)C(=O)OC1/C=C/CCCCC1)C(=O)O. The third kappa shape index (κ3) is 30.3. The first-order valence-electron chi connectivity index (χ1n) is 34.3. The fraction of sp³-hybridized carbons (Fsp3) is 0.471. The van der Waals surface area contributed by atoms with Gasteiger partial charge in [-0.05, 0) is 125 Å². The van der Waals surface area contributed by atoms with Crippen molar-refractivity contribution >= 4 is 142 Å². The summed E-state index contributed by atoms with van der Waals surface area (Å²) in [6.45, 7) is 4.57. The zero-order valence-corrected chi connectivity index (χ0v) is 61.4. The van der Waals surface area contributed by atoms with Crippen LogP contribution in [0.4, 0.5) is 23.3 Å². The van der Waals surface area contributed by atoms with Gasteiger partial charge in [-0.25, -0.2) is 34.3 Å². The van der Waals surface area contributed by atoms with Gasteiger partial charge in [0, 0.05) is 71.2 Å². The van der Waals surface area contributed by atoms with Crippen molar-refractivity contribution in [2.45, 2.75) is 167 Å². The second-order valence-corrected chi connectivity index (χ2v) is 29.0. The number of aromatic amines is 2. The van der Waals surface area contributed by atoms with Crippen molar-refractivity contribution in [1.29, 1.82) is 0 Å². The first-order valence-corrected chi connectivity index (χ1v) is 39.3. The smallest absolute Gasteiger partial charge is 0.329 e. The molecule has 32 nitrogen and oxygen atoms in total. The lowest BCUT2D eigenvalue weighted by Gasteiger charge is -2.22. The maximum absolute atomic E-state index is 13.4. The second-order valence-electron chi connectivity index (χ2n) is 23.6. The highest BCUT2D eigenvalue weighted by Gasteiger charge is 2.30. The number of amides is 3. The number of H-pyrrole nitrogens is 2. The van der Waals surface area contributed by atoms with Crippen molar-refractivity contribution in [2.75, 3.05) is 64.9 Å². The van der Waals surface area contributed by atoms with Gasteiger partial charge in [0.2, 0.25) is 17.8 Å². The maximum Gasteiger partial charge on any atom is 0.329 e. The fourth-order valence-corrected chi connectivity index (χ4v) is 13.6. The number of rotatable bonds is 37. The highest BCUT2D eigenvalue weighted by atomic mass is 33.1. The summed E-state index contributed by atoms with van der Waals surface area (Å²) in [6.07, 6.45) is 18.9. The van der Waals surface area contributed by atoms with Gasteiger partial charge >= 0.3 is 35.8 Å². The van der Waals surface area contributed by atoms with E-state index in [1.807, 2.05) is 24.3 Å². The molecule has 36 heteroatoms. The number of esters is 5. The number of hydrogen-bond donors (Lipinski definition) is 10. The number of nitrogens with zero attached hydrogens (tertiary/aromatic N) is 6. The van der Waals surface area contributed by atoms with E-state index in [0.717, 1.165) is 51.4 Å². The number of carbonyl (C=O) groups is 9. The van der Waals surface area contributed by atoms with E-state index in [0.29, 0.717) is 71.5 Å². The normalized spacial score (nSPS) is 15.5. The largest absolute Gasteiger partial charge is 0.480 e. The van der Waals surface area contributed by atoms with Crippen molar-refractivity contribution in [1.82, 2.24) is 55.8 Å². The number of hydrogen-bond acceptors (Lipinski definition) is 30. The van der Waals surface area contributed by atoms with E-state index >= 15 is 0 Å². The summed E-state index contributed by atoms with van der Waals surface area (Å²) >= 11 is 0. The van der Waals surface area contributed by atoms with Crippen LogP contribution in [0.15, 0.2) is 94.8 Å². The van der Waals surface area contributed by atoms with Gasteiger partial charge < -0.3 is 66.8 Å². The number of benzene rings is 2. The Morgan fingerprint density at radius 3 is 1.41 bits per heavy atom. The van der Waals surface area contributed by atoms with E-state index in [1.165, 1.54) is 55.6 Å². The molecular weight excluding hydrogens is 1450 g/mol. The molecular formula is C70H91N15O17S4. The van der Waals surface area contributed by atoms with Gasteiger partial charge in [0.1, 0.15) is 50.2 Å². The molecule has 4 aromatic heterocycles. The number of ether oxygens (including phenoxy) is 5. The van der Waals surface area contributed by atoms with Gasteiger partial charge in [0.05, 0.1) is 36.9 Å². The summed E-state index contributed by atoms with van der Waals surface area (Å²) in [4.78, 5) is 167. The molecule has 2 aliphatic carbocycles. The number of nitrogen functional groups attached to an aromatic ring is 2. The van der Waals surface area contributed by atoms with Gasteiger partial charge in [-0.15, -0.1) is 0 Å². The van der Waals surface area contributed by atoms with Crippen LogP contribution in [0, 0.1) is 0 Å². The molecule has 5 atom stereocenters. The molecule has 2 aliphatic rings. The first kappa shape index (κ1) is 85.1. The Morgan fingerprint density at radius 2 is 0.972 bits per heavy atom. The lowest BCUT2D eigenvalue weighted by atomic mass is 10.0. The zero-order valence-electron chi connectivity index (χ0n) is 58.1. The van der Waals surface area contributed by atoms with Gasteiger partial charge in [-0.3, -0.25) is 48.3 Å². The van der Waals surface area contributed by atoms with Crippen LogP contribution in [0.1, 0.15) is 156 Å². The number of nitrogens with one attached hydrogen (secondary N) is 7. The van der Waals surface area contributed by atoms with Crippen LogP contribution in [0.2, 0.25) is 0 Å². The Hall–Kier alpha value is -9.81. The van der Waals surface area contributed by atoms with Crippen LogP contribution in [0.5, 0.6) is 0 Å². The number of anilines is 4. The Kier molecular flexibility index (Phi) is 37.1. The van der Waals surface area contributed by atoms with E-state index in [9.17, 15) is 57.8 Å². The molecule has 8 rings (SSSR count). The summed E-state index contributed by atoms with van der Waals surface area (Å²) in [5, 5.41) is 23.9. The minimum absolute atomic E-state index is 0. The van der Waals surface area contributed by atoms with E-state index in [2.05, 4.69) is 66.5 Å². The number of aromatic nitrogens is 8. The van der Waals surface area contributed by atoms with Crippen LogP contribution in [0.25, 0.3) is 22.3 Å². The van der Waals surface area contributed by atoms with Gasteiger partial charge in [0.25, 0.3) is 22.9 Å². The van der Waals surface area contributed by atoms with Crippen LogP contribution < -0.4 is 49.2 Å². The number of nitrogens with two attached hydrogens (primary N) is 2. The zero-order chi connectivity index (χ0) is 75.3. The standard InChI is InChI=1S/C35H44N8O9S2.C34H43N7O8S2.CH4/c1-2-28(45)51-16-17-53-54-20-26(33(48)49)40-27(44)15-14-25(34(50)52-24-8-6-4-3-5-7-9-24)41-31(46)21-10-12-22(13-11-21)37-18-23-19-38-30-29(39-23)32(47)43-35(36)42-30;1-2-27(42)47-16-18-50-51-19-17-48-28(43)15-14-26(33(46)49-25-8-6-4-3-5-7-9-25)39-31(44)22-10-12-23(13-11-22)36-20-24-21-37-30-29(38-24)32(45)41-34(35)40-30;/h6,8,10-13,19,24-26,37H,2-5,7,9,14-18,20H2,1H3,(H,40,44)(H,41,46)(H,48,49)(H3,36,38,42,43,47);6,8,10-13,21,25-26,36H,2-5,7,9,14-20H2,1H3,(H,39,44)(H3,35,37,40,41,45);1H4/b2*8-6+;/t24?,25-,26-;25?,26-;/m11./s1. The Labute approximate surface area is 627 Å². The van der Waals surface area contributed by atoms with E-state index in [-0.39, 0.29) is 123 Å². The van der Waals surface area contributed by atoms with Gasteiger partial charge in [0.15, 0.2) is 22.3 Å². The molecule has 572 valence electrons. The number of aliphatic carboxylic acids is 1. The van der Waals surface area contributed by atoms with Gasteiger partial charge in [-0.1, -0.05) is 89.4 Å². The molecule has 6 aromatic rings. The summed E-state index contributed by atoms with van der Waals surface area (Å²) in [5.41, 5.74) is 13.3. The number of carboxylic acids is 1. The van der Waals surface area contributed by atoms with E-state index < -0.39 is 83.1 Å². The second kappa shape index (κ2) is 46.2. The number of fused-ring (bicyclic) bond motifs is 2. The summed E-state index contributed by atoms with van der Waals surface area (Å²) in [6, 6.07) is 9.51. The molecule has 0 radical (unpaired) electrons. The fourth-order valence-electron chi connectivity index (χ4n) is 9.99. The highest BCUT2D eigenvalue weighted by Crippen LogP contribution is 2.24. The molecule has 0 spiro atoms. The number of carboxylic acid groups (broad SMARTS) is 1. The average Bonchev–Trinajstić information content (AvgIpc) is 0.814.